The lowest BCUT2D eigenvalue weighted by Crippen LogP contribution is -2.46. The highest BCUT2D eigenvalue weighted by atomic mass is 35.5. The van der Waals surface area contributed by atoms with Crippen LogP contribution in [0.1, 0.15) is 23.3 Å². The summed E-state index contributed by atoms with van der Waals surface area (Å²) in [7, 11) is 0. The van der Waals surface area contributed by atoms with Gasteiger partial charge in [0.25, 0.3) is 5.91 Å². The van der Waals surface area contributed by atoms with E-state index in [9.17, 15) is 9.90 Å². The fourth-order valence-electron chi connectivity index (χ4n) is 1.72. The molecule has 2 rings (SSSR count). The predicted molar refractivity (Wildman–Crippen MR) is 64.4 cm³/mol. The Morgan fingerprint density at radius 1 is 1.50 bits per heavy atom. The molecule has 18 heavy (non-hydrogen) atoms. The van der Waals surface area contributed by atoms with Crippen molar-refractivity contribution >= 4 is 17.5 Å². The highest BCUT2D eigenvalue weighted by Crippen LogP contribution is 2.19. The predicted octanol–water partition coefficient (Wildman–Crippen LogP) is 0.401. The van der Waals surface area contributed by atoms with Crippen molar-refractivity contribution in [3.63, 3.8) is 0 Å². The van der Waals surface area contributed by atoms with Gasteiger partial charge in [0.05, 0.1) is 18.0 Å². The molecule has 0 radical (unpaired) electrons. The van der Waals surface area contributed by atoms with Crippen LogP contribution in [0.2, 0.25) is 5.15 Å². The monoisotopic (exact) mass is 271 g/mol. The van der Waals surface area contributed by atoms with E-state index in [0.29, 0.717) is 26.1 Å². The minimum absolute atomic E-state index is 0.137. The molecular formula is C11H14ClN3O3. The lowest BCUT2D eigenvalue weighted by Gasteiger charge is -2.31. The summed E-state index contributed by atoms with van der Waals surface area (Å²) >= 11 is 5.65. The van der Waals surface area contributed by atoms with Gasteiger partial charge in [-0.15, -0.1) is 0 Å². The summed E-state index contributed by atoms with van der Waals surface area (Å²) in [6.07, 6.45) is 3.70. The van der Waals surface area contributed by atoms with E-state index >= 15 is 0 Å². The normalized spacial score (nSPS) is 18.3. The average molecular weight is 272 g/mol. The molecule has 98 valence electrons. The van der Waals surface area contributed by atoms with E-state index in [-0.39, 0.29) is 17.4 Å². The summed E-state index contributed by atoms with van der Waals surface area (Å²) < 4.78 is 5.16. The lowest BCUT2D eigenvalue weighted by atomic mass is 9.94. The Morgan fingerprint density at radius 3 is 2.89 bits per heavy atom. The zero-order chi connectivity index (χ0) is 13.0. The van der Waals surface area contributed by atoms with Crippen LogP contribution < -0.4 is 5.32 Å². The number of hydrogen-bond acceptors (Lipinski definition) is 5. The molecule has 0 aliphatic carbocycles. The van der Waals surface area contributed by atoms with Crippen LogP contribution in [0.3, 0.4) is 0 Å². The molecule has 1 amide bonds. The average Bonchev–Trinajstić information content (AvgIpc) is 2.37. The minimum atomic E-state index is -0.903. The van der Waals surface area contributed by atoms with Crippen LogP contribution in [0.5, 0.6) is 0 Å². The van der Waals surface area contributed by atoms with Crippen molar-refractivity contribution in [2.45, 2.75) is 18.4 Å². The maximum atomic E-state index is 11.8. The maximum Gasteiger partial charge on any atom is 0.271 e. The van der Waals surface area contributed by atoms with E-state index in [2.05, 4.69) is 15.3 Å². The molecule has 1 aromatic heterocycles. The molecule has 0 unspecified atom stereocenters. The number of nitrogens with zero attached hydrogens (tertiary/aromatic N) is 2. The zero-order valence-corrected chi connectivity index (χ0v) is 10.5. The number of halogens is 1. The molecule has 0 atom stereocenters. The third kappa shape index (κ3) is 3.38. The summed E-state index contributed by atoms with van der Waals surface area (Å²) in [4.78, 5) is 19.4. The van der Waals surface area contributed by atoms with E-state index < -0.39 is 11.5 Å². The maximum absolute atomic E-state index is 11.8. The van der Waals surface area contributed by atoms with E-state index in [4.69, 9.17) is 16.3 Å². The molecule has 1 aliphatic heterocycles. The number of ether oxygens (including phenoxy) is 1. The van der Waals surface area contributed by atoms with Crippen LogP contribution in [-0.2, 0) is 4.74 Å². The van der Waals surface area contributed by atoms with Crippen LogP contribution in [0.15, 0.2) is 12.4 Å². The summed E-state index contributed by atoms with van der Waals surface area (Å²) in [5.41, 5.74) is -0.766. The first-order valence-electron chi connectivity index (χ1n) is 5.65. The Balaban J connectivity index is 1.92. The molecular weight excluding hydrogens is 258 g/mol. The number of carbonyl (C=O) groups excluding carboxylic acids is 1. The van der Waals surface area contributed by atoms with Crippen molar-refractivity contribution in [1.82, 2.24) is 15.3 Å². The van der Waals surface area contributed by atoms with E-state index in [0.717, 1.165) is 0 Å². The topological polar surface area (TPSA) is 84.3 Å². The first-order valence-corrected chi connectivity index (χ1v) is 6.03. The van der Waals surface area contributed by atoms with Gasteiger partial charge in [0, 0.05) is 32.6 Å². The van der Waals surface area contributed by atoms with Gasteiger partial charge in [-0.2, -0.15) is 0 Å². The van der Waals surface area contributed by atoms with Gasteiger partial charge in [-0.1, -0.05) is 11.6 Å². The second-order valence-electron chi connectivity index (χ2n) is 4.25. The van der Waals surface area contributed by atoms with Crippen LogP contribution >= 0.6 is 11.6 Å². The zero-order valence-electron chi connectivity index (χ0n) is 9.73. The summed E-state index contributed by atoms with van der Waals surface area (Å²) in [6.45, 7) is 1.18. The first-order chi connectivity index (χ1) is 8.59. The quantitative estimate of drug-likeness (QED) is 0.831. The van der Waals surface area contributed by atoms with E-state index in [1.165, 1.54) is 12.4 Å². The van der Waals surface area contributed by atoms with E-state index in [1.807, 2.05) is 0 Å². The van der Waals surface area contributed by atoms with Gasteiger partial charge in [-0.3, -0.25) is 9.78 Å². The fourth-order valence-corrected chi connectivity index (χ4v) is 1.86. The number of aliphatic hydroxyl groups is 1. The molecule has 1 aromatic rings. The largest absolute Gasteiger partial charge is 0.388 e. The van der Waals surface area contributed by atoms with Crippen LogP contribution in [0.25, 0.3) is 0 Å². The van der Waals surface area contributed by atoms with Gasteiger partial charge < -0.3 is 15.2 Å². The molecule has 0 saturated carbocycles. The number of hydrogen-bond donors (Lipinski definition) is 2. The number of carbonyl (C=O) groups is 1. The Kier molecular flexibility index (Phi) is 4.11. The molecule has 0 spiro atoms. The SMILES string of the molecule is O=C(NCC1(O)CCOCC1)c1cncc(Cl)n1. The van der Waals surface area contributed by atoms with Crippen molar-refractivity contribution in [1.29, 1.82) is 0 Å². The van der Waals surface area contributed by atoms with Gasteiger partial charge in [-0.25, -0.2) is 4.98 Å². The second-order valence-corrected chi connectivity index (χ2v) is 4.63. The summed E-state index contributed by atoms with van der Waals surface area (Å²) in [6, 6.07) is 0. The van der Waals surface area contributed by atoms with Crippen molar-refractivity contribution in [2.75, 3.05) is 19.8 Å². The molecule has 1 aliphatic rings. The highest BCUT2D eigenvalue weighted by molar-refractivity contribution is 6.29. The lowest BCUT2D eigenvalue weighted by molar-refractivity contribution is -0.0605. The van der Waals surface area contributed by atoms with Crippen molar-refractivity contribution in [3.8, 4) is 0 Å². The second kappa shape index (κ2) is 5.60. The standard InChI is InChI=1S/C11H14ClN3O3/c12-9-6-13-5-8(15-9)10(16)14-7-11(17)1-3-18-4-2-11/h5-6,17H,1-4,7H2,(H,14,16). The van der Waals surface area contributed by atoms with Crippen LogP contribution in [0, 0.1) is 0 Å². The smallest absolute Gasteiger partial charge is 0.271 e. The first kappa shape index (κ1) is 13.2. The minimum Gasteiger partial charge on any atom is -0.388 e. The van der Waals surface area contributed by atoms with Gasteiger partial charge in [0.1, 0.15) is 10.8 Å². The fraction of sp³-hybridized carbons (Fsp3) is 0.545. The van der Waals surface area contributed by atoms with Gasteiger partial charge >= 0.3 is 0 Å². The highest BCUT2D eigenvalue weighted by Gasteiger charge is 2.30. The van der Waals surface area contributed by atoms with Crippen LogP contribution in [-0.4, -0.2) is 46.3 Å². The Labute approximate surface area is 109 Å². The molecule has 7 heteroatoms. The molecule has 0 bridgehead atoms. The van der Waals surface area contributed by atoms with Crippen LogP contribution in [0.4, 0.5) is 0 Å². The molecule has 0 aromatic carbocycles. The number of aromatic nitrogens is 2. The number of nitrogens with one attached hydrogen (secondary N) is 1. The summed E-state index contributed by atoms with van der Waals surface area (Å²) in [5.74, 6) is -0.398. The number of rotatable bonds is 3. The molecule has 1 saturated heterocycles. The van der Waals surface area contributed by atoms with Crippen molar-refractivity contribution in [3.05, 3.63) is 23.2 Å². The van der Waals surface area contributed by atoms with Gasteiger partial charge in [-0.05, 0) is 0 Å². The van der Waals surface area contributed by atoms with Crippen molar-refractivity contribution < 1.29 is 14.6 Å². The van der Waals surface area contributed by atoms with Gasteiger partial charge in [0.2, 0.25) is 0 Å². The van der Waals surface area contributed by atoms with Gasteiger partial charge in [0.15, 0.2) is 0 Å². The van der Waals surface area contributed by atoms with Crippen molar-refractivity contribution in [2.24, 2.45) is 0 Å². The Hall–Kier alpha value is -1.24. The Bertz CT molecular complexity index is 435. The number of amides is 1. The third-order valence-electron chi connectivity index (χ3n) is 2.84. The molecule has 1 fully saturated rings. The molecule has 2 heterocycles. The van der Waals surface area contributed by atoms with E-state index in [1.54, 1.807) is 0 Å². The Morgan fingerprint density at radius 2 is 2.22 bits per heavy atom. The molecule has 2 N–H and O–H groups in total. The molecule has 6 nitrogen and oxygen atoms in total. The third-order valence-corrected chi connectivity index (χ3v) is 3.02. The summed E-state index contributed by atoms with van der Waals surface area (Å²) in [5, 5.41) is 13.0.